The van der Waals surface area contributed by atoms with Crippen LogP contribution < -0.4 is 10.1 Å². The molecule has 0 heterocycles. The van der Waals surface area contributed by atoms with Crippen LogP contribution in [0.4, 0.5) is 0 Å². The Morgan fingerprint density at radius 2 is 1.86 bits per heavy atom. The molecule has 0 radical (unpaired) electrons. The summed E-state index contributed by atoms with van der Waals surface area (Å²) in [6, 6.07) is 9.68. The van der Waals surface area contributed by atoms with Crippen molar-refractivity contribution in [3.05, 3.63) is 52.6 Å². The van der Waals surface area contributed by atoms with Gasteiger partial charge in [0.05, 0.1) is 12.7 Å². The number of hydrogen-bond acceptors (Lipinski definition) is 4. The van der Waals surface area contributed by atoms with Gasteiger partial charge < -0.3 is 15.2 Å². The average molecular weight is 412 g/mol. The molecular weight excluding hydrogens is 382 g/mol. The second-order valence-corrected chi connectivity index (χ2v) is 8.25. The van der Waals surface area contributed by atoms with Crippen LogP contribution in [0, 0.1) is 6.92 Å². The van der Waals surface area contributed by atoms with Gasteiger partial charge in [-0.15, -0.1) is 11.8 Å². The van der Waals surface area contributed by atoms with Gasteiger partial charge in [0.1, 0.15) is 11.5 Å². The summed E-state index contributed by atoms with van der Waals surface area (Å²) < 4.78 is 5.19. The van der Waals surface area contributed by atoms with Gasteiger partial charge in [-0.1, -0.05) is 43.5 Å². The minimum absolute atomic E-state index is 0.0302. The highest BCUT2D eigenvalue weighted by Crippen LogP contribution is 2.35. The third-order valence-electron chi connectivity index (χ3n) is 5.49. The Bertz CT molecular complexity index is 884. The fourth-order valence-electron chi connectivity index (χ4n) is 3.82. The topological polar surface area (TPSA) is 58.6 Å². The molecule has 2 aromatic rings. The SMILES string of the molecule is COc1ccc(/C=C/c2cc(O)c(C(=O)NC3CCCCC3)c(SC)c2C)cc1. The highest BCUT2D eigenvalue weighted by Gasteiger charge is 2.23. The number of benzene rings is 2. The number of aromatic hydroxyl groups is 1. The van der Waals surface area contributed by atoms with Crippen LogP contribution in [0.25, 0.3) is 12.2 Å². The molecule has 5 heteroatoms. The largest absolute Gasteiger partial charge is 0.507 e. The number of methoxy groups -OCH3 is 1. The number of ether oxygens (including phenoxy) is 1. The van der Waals surface area contributed by atoms with Gasteiger partial charge in [0.15, 0.2) is 0 Å². The number of hydrogen-bond donors (Lipinski definition) is 2. The van der Waals surface area contributed by atoms with Crippen molar-refractivity contribution in [2.24, 2.45) is 0 Å². The minimum Gasteiger partial charge on any atom is -0.507 e. The number of carbonyl (C=O) groups is 1. The molecule has 29 heavy (non-hydrogen) atoms. The molecule has 0 aromatic heterocycles. The van der Waals surface area contributed by atoms with Gasteiger partial charge in [-0.3, -0.25) is 4.79 Å². The smallest absolute Gasteiger partial charge is 0.256 e. The first kappa shape index (κ1) is 21.3. The van der Waals surface area contributed by atoms with Gasteiger partial charge in [-0.05, 0) is 60.9 Å². The molecule has 1 aliphatic carbocycles. The average Bonchev–Trinajstić information content (AvgIpc) is 2.74. The summed E-state index contributed by atoms with van der Waals surface area (Å²) in [5.74, 6) is 0.671. The number of amides is 1. The van der Waals surface area contributed by atoms with Crippen molar-refractivity contribution >= 4 is 29.8 Å². The van der Waals surface area contributed by atoms with Crippen LogP contribution >= 0.6 is 11.8 Å². The van der Waals surface area contributed by atoms with E-state index in [1.54, 1.807) is 13.2 Å². The summed E-state index contributed by atoms with van der Waals surface area (Å²) in [6.07, 6.45) is 11.5. The molecule has 0 bridgehead atoms. The van der Waals surface area contributed by atoms with E-state index in [4.69, 9.17) is 4.74 Å². The van der Waals surface area contributed by atoms with Crippen molar-refractivity contribution in [1.29, 1.82) is 0 Å². The summed E-state index contributed by atoms with van der Waals surface area (Å²) in [6.45, 7) is 2.00. The molecule has 0 atom stereocenters. The molecule has 1 amide bonds. The van der Waals surface area contributed by atoms with Crippen LogP contribution in [0.3, 0.4) is 0 Å². The Hall–Kier alpha value is -2.40. The maximum absolute atomic E-state index is 12.9. The van der Waals surface area contributed by atoms with Crippen LogP contribution in [-0.4, -0.2) is 30.4 Å². The van der Waals surface area contributed by atoms with Gasteiger partial charge in [-0.2, -0.15) is 0 Å². The summed E-state index contributed by atoms with van der Waals surface area (Å²) >= 11 is 1.50. The van der Waals surface area contributed by atoms with Crippen LogP contribution in [0.15, 0.2) is 35.2 Å². The maximum atomic E-state index is 12.9. The quantitative estimate of drug-likeness (QED) is 0.475. The Balaban J connectivity index is 1.85. The summed E-state index contributed by atoms with van der Waals surface area (Å²) in [5, 5.41) is 13.8. The third kappa shape index (κ3) is 5.15. The zero-order valence-corrected chi connectivity index (χ0v) is 18.1. The lowest BCUT2D eigenvalue weighted by Gasteiger charge is -2.24. The molecule has 3 rings (SSSR count). The van der Waals surface area contributed by atoms with Crippen molar-refractivity contribution < 1.29 is 14.6 Å². The summed E-state index contributed by atoms with van der Waals surface area (Å²) in [4.78, 5) is 13.7. The van der Waals surface area contributed by atoms with Crippen molar-refractivity contribution in [1.82, 2.24) is 5.32 Å². The normalized spacial score (nSPS) is 14.9. The number of phenols is 1. The van der Waals surface area contributed by atoms with Gasteiger partial charge in [0, 0.05) is 10.9 Å². The van der Waals surface area contributed by atoms with E-state index >= 15 is 0 Å². The summed E-state index contributed by atoms with van der Waals surface area (Å²) in [5.41, 5.74) is 3.32. The van der Waals surface area contributed by atoms with Crippen LogP contribution in [0.5, 0.6) is 11.5 Å². The van der Waals surface area contributed by atoms with Crippen LogP contribution in [-0.2, 0) is 0 Å². The molecule has 0 saturated heterocycles. The van der Waals surface area contributed by atoms with E-state index in [9.17, 15) is 9.90 Å². The fraction of sp³-hybridized carbons (Fsp3) is 0.375. The zero-order valence-electron chi connectivity index (χ0n) is 17.3. The Labute approximate surface area is 177 Å². The van der Waals surface area contributed by atoms with Gasteiger partial charge in [-0.25, -0.2) is 0 Å². The first-order chi connectivity index (χ1) is 14.0. The minimum atomic E-state index is -0.174. The van der Waals surface area contributed by atoms with Crippen molar-refractivity contribution in [3.63, 3.8) is 0 Å². The van der Waals surface area contributed by atoms with Crippen molar-refractivity contribution in [2.45, 2.75) is 50.0 Å². The molecule has 0 aliphatic heterocycles. The molecular formula is C24H29NO3S. The lowest BCUT2D eigenvalue weighted by atomic mass is 9.95. The van der Waals surface area contributed by atoms with Crippen molar-refractivity contribution in [2.75, 3.05) is 13.4 Å². The van der Waals surface area contributed by atoms with E-state index in [0.29, 0.717) is 5.56 Å². The van der Waals surface area contributed by atoms with E-state index in [1.807, 2.05) is 49.6 Å². The molecule has 1 fully saturated rings. The first-order valence-electron chi connectivity index (χ1n) is 10.1. The molecule has 154 valence electrons. The standard InChI is InChI=1S/C24H29NO3S/c1-16-18(12-9-17-10-13-20(28-2)14-11-17)15-21(26)22(23(16)29-3)24(27)25-19-7-5-4-6-8-19/h9-15,19,26H,4-8H2,1-3H3,(H,25,27)/b12-9+. The van der Waals surface area contributed by atoms with Gasteiger partial charge in [0.2, 0.25) is 0 Å². The number of nitrogens with one attached hydrogen (secondary N) is 1. The number of thioether (sulfide) groups is 1. The van der Waals surface area contributed by atoms with Crippen LogP contribution in [0.2, 0.25) is 0 Å². The Kier molecular flexibility index (Phi) is 7.26. The van der Waals surface area contributed by atoms with E-state index in [1.165, 1.54) is 18.2 Å². The predicted molar refractivity (Wildman–Crippen MR) is 121 cm³/mol. The number of phenolic OH excluding ortho intramolecular Hbond substituents is 1. The van der Waals surface area contributed by atoms with Crippen LogP contribution in [0.1, 0.15) is 59.2 Å². The second-order valence-electron chi connectivity index (χ2n) is 7.43. The van der Waals surface area contributed by atoms with Gasteiger partial charge in [0.25, 0.3) is 5.91 Å². The van der Waals surface area contributed by atoms with E-state index in [2.05, 4.69) is 5.32 Å². The molecule has 4 nitrogen and oxygen atoms in total. The maximum Gasteiger partial charge on any atom is 0.256 e. The van der Waals surface area contributed by atoms with Crippen molar-refractivity contribution in [3.8, 4) is 11.5 Å². The second kappa shape index (κ2) is 9.88. The highest BCUT2D eigenvalue weighted by atomic mass is 32.2. The molecule has 0 unspecified atom stereocenters. The molecule has 2 aromatic carbocycles. The predicted octanol–water partition coefficient (Wildman–Crippen LogP) is 5.66. The number of carbonyl (C=O) groups excluding carboxylic acids is 1. The molecule has 1 aliphatic rings. The zero-order chi connectivity index (χ0) is 20.8. The molecule has 1 saturated carbocycles. The lowest BCUT2D eigenvalue weighted by Crippen LogP contribution is -2.36. The third-order valence-corrected chi connectivity index (χ3v) is 6.41. The first-order valence-corrected chi connectivity index (χ1v) is 11.3. The van der Waals surface area contributed by atoms with E-state index in [-0.39, 0.29) is 17.7 Å². The number of rotatable bonds is 6. The monoisotopic (exact) mass is 411 g/mol. The van der Waals surface area contributed by atoms with Gasteiger partial charge >= 0.3 is 0 Å². The highest BCUT2D eigenvalue weighted by molar-refractivity contribution is 7.98. The van der Waals surface area contributed by atoms with E-state index in [0.717, 1.165) is 53.0 Å². The Morgan fingerprint density at radius 1 is 1.17 bits per heavy atom. The molecule has 0 spiro atoms. The Morgan fingerprint density at radius 3 is 2.48 bits per heavy atom. The fourth-order valence-corrected chi connectivity index (χ4v) is 4.64. The van der Waals surface area contributed by atoms with E-state index < -0.39 is 0 Å². The summed E-state index contributed by atoms with van der Waals surface area (Å²) in [7, 11) is 1.65. The lowest BCUT2D eigenvalue weighted by molar-refractivity contribution is 0.0921. The molecule has 2 N–H and O–H groups in total.